The van der Waals surface area contributed by atoms with Gasteiger partial charge in [-0.2, -0.15) is 0 Å². The third-order valence-electron chi connectivity index (χ3n) is 7.65. The van der Waals surface area contributed by atoms with Gasteiger partial charge in [0.1, 0.15) is 6.61 Å². The Morgan fingerprint density at radius 3 is 2.51 bits per heavy atom. The molecule has 1 aliphatic rings. The Hall–Kier alpha value is -4.47. The highest BCUT2D eigenvalue weighted by Gasteiger charge is 2.33. The van der Waals surface area contributed by atoms with E-state index in [-0.39, 0.29) is 5.56 Å². The van der Waals surface area contributed by atoms with E-state index in [0.717, 1.165) is 27.5 Å². The summed E-state index contributed by atoms with van der Waals surface area (Å²) in [4.78, 5) is 32.3. The highest BCUT2D eigenvalue weighted by Crippen LogP contribution is 2.38. The van der Waals surface area contributed by atoms with E-state index in [0.29, 0.717) is 56.2 Å². The number of ether oxygens (including phenoxy) is 3. The van der Waals surface area contributed by atoms with Crippen LogP contribution in [-0.2, 0) is 16.1 Å². The normalized spacial score (nSPS) is 14.7. The zero-order valence-electron chi connectivity index (χ0n) is 25.1. The second kappa shape index (κ2) is 13.3. The molecule has 2 heterocycles. The fraction of sp³-hybridized carbons (Fsp3) is 0.194. The summed E-state index contributed by atoms with van der Waals surface area (Å²) >= 11 is 4.98. The Labute approximate surface area is 272 Å². The predicted molar refractivity (Wildman–Crippen MR) is 180 cm³/mol. The minimum absolute atomic E-state index is 0.241. The smallest absolute Gasteiger partial charge is 0.338 e. The predicted octanol–water partition coefficient (Wildman–Crippen LogP) is 6.69. The average molecular weight is 684 g/mol. The van der Waals surface area contributed by atoms with Crippen LogP contribution >= 0.6 is 27.3 Å². The molecule has 4 aromatic carbocycles. The molecule has 0 amide bonds. The van der Waals surface area contributed by atoms with Crippen LogP contribution in [0.1, 0.15) is 43.0 Å². The van der Waals surface area contributed by atoms with Crippen LogP contribution in [0.3, 0.4) is 0 Å². The monoisotopic (exact) mass is 682 g/mol. The third-order valence-corrected chi connectivity index (χ3v) is 9.22. The Morgan fingerprint density at radius 2 is 1.76 bits per heavy atom. The largest absolute Gasteiger partial charge is 0.490 e. The van der Waals surface area contributed by atoms with Crippen molar-refractivity contribution in [1.29, 1.82) is 0 Å². The van der Waals surface area contributed by atoms with E-state index in [9.17, 15) is 9.59 Å². The maximum absolute atomic E-state index is 14.0. The van der Waals surface area contributed by atoms with Gasteiger partial charge >= 0.3 is 5.97 Å². The van der Waals surface area contributed by atoms with E-state index in [4.69, 9.17) is 19.2 Å². The van der Waals surface area contributed by atoms with Gasteiger partial charge in [-0.15, -0.1) is 0 Å². The van der Waals surface area contributed by atoms with Crippen molar-refractivity contribution in [3.05, 3.63) is 137 Å². The van der Waals surface area contributed by atoms with Crippen molar-refractivity contribution in [2.45, 2.75) is 32.9 Å². The van der Waals surface area contributed by atoms with Gasteiger partial charge in [0.15, 0.2) is 16.3 Å². The van der Waals surface area contributed by atoms with Crippen LogP contribution in [0.25, 0.3) is 16.8 Å². The first-order chi connectivity index (χ1) is 21.9. The molecule has 0 spiro atoms. The molecule has 0 saturated carbocycles. The molecule has 45 heavy (non-hydrogen) atoms. The number of carbonyl (C=O) groups excluding carboxylic acids is 1. The standard InChI is InChI=1S/C36H31BrN2O5S/c1-4-28-31(35(41)42-3)32(24-13-7-6-8-14-24)39-34(40)30(45-36(39)38-28)20-22-18-27(37)33(29(19-22)43-5-2)44-21-25-16-11-15-23-12-9-10-17-26(23)25/h6-20,32H,4-5,21H2,1-3H3/b30-20+/t32-/m1/s1. The SMILES string of the molecule is CCOc1cc(/C=c2/sc3n(c2=O)[C@H](c2ccccc2)C(C(=O)OC)=C(CC)N=3)cc(Br)c1OCc1cccc2ccccc12. The summed E-state index contributed by atoms with van der Waals surface area (Å²) in [5, 5.41) is 2.29. The summed E-state index contributed by atoms with van der Waals surface area (Å²) in [5.74, 6) is 0.653. The van der Waals surface area contributed by atoms with Crippen LogP contribution in [0.2, 0.25) is 0 Å². The summed E-state index contributed by atoms with van der Waals surface area (Å²) in [6, 6.07) is 27.0. The number of methoxy groups -OCH3 is 1. The summed E-state index contributed by atoms with van der Waals surface area (Å²) in [7, 11) is 1.35. The number of allylic oxidation sites excluding steroid dienone is 1. The minimum atomic E-state index is -0.650. The molecule has 7 nitrogen and oxygen atoms in total. The molecule has 1 atom stereocenters. The number of halogens is 1. The van der Waals surface area contributed by atoms with Gasteiger partial charge in [0.05, 0.1) is 40.0 Å². The molecule has 0 N–H and O–H groups in total. The zero-order valence-corrected chi connectivity index (χ0v) is 27.5. The van der Waals surface area contributed by atoms with Crippen molar-refractivity contribution in [2.24, 2.45) is 4.99 Å². The van der Waals surface area contributed by atoms with Crippen LogP contribution in [0.15, 0.2) is 110 Å². The number of nitrogens with zero attached hydrogens (tertiary/aromatic N) is 2. The number of benzene rings is 4. The fourth-order valence-electron chi connectivity index (χ4n) is 5.61. The first-order valence-electron chi connectivity index (χ1n) is 14.7. The van der Waals surface area contributed by atoms with E-state index in [1.807, 2.05) is 80.6 Å². The van der Waals surface area contributed by atoms with E-state index >= 15 is 0 Å². The Morgan fingerprint density at radius 1 is 1.00 bits per heavy atom. The van der Waals surface area contributed by atoms with Crippen LogP contribution in [0.5, 0.6) is 11.5 Å². The van der Waals surface area contributed by atoms with Gasteiger partial charge in [0, 0.05) is 0 Å². The van der Waals surface area contributed by atoms with Gasteiger partial charge in [0.25, 0.3) is 5.56 Å². The van der Waals surface area contributed by atoms with Gasteiger partial charge in [-0.05, 0) is 74.9 Å². The van der Waals surface area contributed by atoms with Gasteiger partial charge in [-0.25, -0.2) is 9.79 Å². The van der Waals surface area contributed by atoms with E-state index in [1.54, 1.807) is 4.57 Å². The maximum atomic E-state index is 14.0. The van der Waals surface area contributed by atoms with Crippen LogP contribution in [-0.4, -0.2) is 24.3 Å². The number of rotatable bonds is 9. The highest BCUT2D eigenvalue weighted by molar-refractivity contribution is 9.10. The molecule has 228 valence electrons. The first-order valence-corrected chi connectivity index (χ1v) is 16.3. The van der Waals surface area contributed by atoms with Crippen molar-refractivity contribution >= 4 is 50.1 Å². The fourth-order valence-corrected chi connectivity index (χ4v) is 7.20. The lowest BCUT2D eigenvalue weighted by Crippen LogP contribution is -2.40. The van der Waals surface area contributed by atoms with Crippen molar-refractivity contribution in [2.75, 3.05) is 13.7 Å². The van der Waals surface area contributed by atoms with Gasteiger partial charge in [-0.3, -0.25) is 9.36 Å². The summed E-state index contributed by atoms with van der Waals surface area (Å²) in [5.41, 5.74) is 3.37. The highest BCUT2D eigenvalue weighted by atomic mass is 79.9. The first kappa shape index (κ1) is 30.6. The molecule has 6 rings (SSSR count). The third kappa shape index (κ3) is 5.98. The van der Waals surface area contributed by atoms with E-state index in [2.05, 4.69) is 40.2 Å². The molecule has 0 saturated heterocycles. The Bertz CT molecular complexity index is 2110. The molecule has 0 fully saturated rings. The van der Waals surface area contributed by atoms with Crippen molar-refractivity contribution in [3.8, 4) is 11.5 Å². The molecular weight excluding hydrogens is 652 g/mol. The van der Waals surface area contributed by atoms with Crippen molar-refractivity contribution in [1.82, 2.24) is 4.57 Å². The number of aromatic nitrogens is 1. The van der Waals surface area contributed by atoms with Gasteiger partial charge < -0.3 is 14.2 Å². The lowest BCUT2D eigenvalue weighted by molar-refractivity contribution is -0.136. The molecule has 1 aliphatic heterocycles. The second-order valence-electron chi connectivity index (χ2n) is 10.4. The van der Waals surface area contributed by atoms with Gasteiger partial charge in [0.2, 0.25) is 0 Å². The van der Waals surface area contributed by atoms with Crippen LogP contribution in [0, 0.1) is 0 Å². The lowest BCUT2D eigenvalue weighted by Gasteiger charge is -2.25. The van der Waals surface area contributed by atoms with E-state index in [1.165, 1.54) is 18.4 Å². The molecule has 0 radical (unpaired) electrons. The topological polar surface area (TPSA) is 79.1 Å². The zero-order chi connectivity index (χ0) is 31.5. The summed E-state index contributed by atoms with van der Waals surface area (Å²) in [6.07, 6.45) is 2.34. The second-order valence-corrected chi connectivity index (χ2v) is 12.3. The average Bonchev–Trinajstić information content (AvgIpc) is 3.37. The molecule has 9 heteroatoms. The van der Waals surface area contributed by atoms with Crippen molar-refractivity contribution in [3.63, 3.8) is 0 Å². The Kier molecular flexibility index (Phi) is 9.00. The summed E-state index contributed by atoms with van der Waals surface area (Å²) < 4.78 is 20.3. The van der Waals surface area contributed by atoms with E-state index < -0.39 is 12.0 Å². The molecule has 1 aromatic heterocycles. The molecule has 5 aromatic rings. The Balaban J connectivity index is 1.42. The molecule has 0 bridgehead atoms. The maximum Gasteiger partial charge on any atom is 0.338 e. The van der Waals surface area contributed by atoms with Crippen molar-refractivity contribution < 1.29 is 19.0 Å². The quantitative estimate of drug-likeness (QED) is 0.162. The number of esters is 1. The molecular formula is C36H31BrN2O5S. The minimum Gasteiger partial charge on any atom is -0.490 e. The van der Waals surface area contributed by atoms with Crippen LogP contribution < -0.4 is 24.4 Å². The molecule has 0 aliphatic carbocycles. The van der Waals surface area contributed by atoms with Gasteiger partial charge in [-0.1, -0.05) is 91.1 Å². The molecule has 0 unspecified atom stereocenters. The van der Waals surface area contributed by atoms with Crippen LogP contribution in [0.4, 0.5) is 0 Å². The number of fused-ring (bicyclic) bond motifs is 2. The number of hydrogen-bond acceptors (Lipinski definition) is 7. The lowest BCUT2D eigenvalue weighted by atomic mass is 9.95. The summed E-state index contributed by atoms with van der Waals surface area (Å²) in [6.45, 7) is 4.66. The number of thiazole rings is 1. The number of carbonyl (C=O) groups is 1. The number of hydrogen-bond donors (Lipinski definition) is 0.